The molecule has 1 amide bonds. The molecule has 0 saturated heterocycles. The van der Waals surface area contributed by atoms with Crippen LogP contribution in [0.4, 0.5) is 5.69 Å². The van der Waals surface area contributed by atoms with Crippen molar-refractivity contribution in [3.8, 4) is 0 Å². The SMILES string of the molecule is CC(=O)c1ccc(NC(=O)C(C)OC(=O)CSc2ccc3c(c2)CCC3)cc1. The van der Waals surface area contributed by atoms with Gasteiger partial charge in [0.25, 0.3) is 5.91 Å². The van der Waals surface area contributed by atoms with Crippen LogP contribution < -0.4 is 5.32 Å². The Balaban J connectivity index is 1.46. The minimum absolute atomic E-state index is 0.0407. The normalized spacial score (nSPS) is 13.5. The molecule has 0 radical (unpaired) electrons. The highest BCUT2D eigenvalue weighted by molar-refractivity contribution is 8.00. The summed E-state index contributed by atoms with van der Waals surface area (Å²) in [5, 5.41) is 2.68. The van der Waals surface area contributed by atoms with Crippen molar-refractivity contribution in [1.29, 1.82) is 0 Å². The predicted molar refractivity (Wildman–Crippen MR) is 110 cm³/mol. The van der Waals surface area contributed by atoms with Gasteiger partial charge >= 0.3 is 5.97 Å². The molecule has 0 bridgehead atoms. The molecule has 5 nitrogen and oxygen atoms in total. The van der Waals surface area contributed by atoms with Crippen LogP contribution in [0.2, 0.25) is 0 Å². The summed E-state index contributed by atoms with van der Waals surface area (Å²) in [6.45, 7) is 3.02. The fourth-order valence-electron chi connectivity index (χ4n) is 3.10. The summed E-state index contributed by atoms with van der Waals surface area (Å²) in [5.41, 5.74) is 3.88. The molecular formula is C22H23NO4S. The van der Waals surface area contributed by atoms with Gasteiger partial charge in [0, 0.05) is 16.1 Å². The lowest BCUT2D eigenvalue weighted by Crippen LogP contribution is -2.30. The molecule has 0 aliphatic heterocycles. The van der Waals surface area contributed by atoms with Gasteiger partial charge in [-0.25, -0.2) is 0 Å². The molecule has 28 heavy (non-hydrogen) atoms. The van der Waals surface area contributed by atoms with E-state index in [1.165, 1.54) is 43.2 Å². The number of Topliss-reactive ketones (excluding diaryl/α,β-unsaturated/α-hetero) is 1. The number of rotatable bonds is 7. The molecule has 0 heterocycles. The van der Waals surface area contributed by atoms with E-state index in [0.29, 0.717) is 11.3 Å². The standard InChI is InChI=1S/C22H23NO4S/c1-14(24)16-6-9-19(10-7-16)23-22(26)15(2)27-21(25)13-28-20-11-8-17-4-3-5-18(17)12-20/h6-12,15H,3-5,13H2,1-2H3,(H,23,26). The number of esters is 1. The third-order valence-corrected chi connectivity index (χ3v) is 5.63. The maximum absolute atomic E-state index is 12.2. The lowest BCUT2D eigenvalue weighted by Gasteiger charge is -2.14. The van der Waals surface area contributed by atoms with Gasteiger partial charge in [-0.2, -0.15) is 0 Å². The van der Waals surface area contributed by atoms with Gasteiger partial charge < -0.3 is 10.1 Å². The molecular weight excluding hydrogens is 374 g/mol. The smallest absolute Gasteiger partial charge is 0.317 e. The van der Waals surface area contributed by atoms with E-state index >= 15 is 0 Å². The van der Waals surface area contributed by atoms with Crippen LogP contribution >= 0.6 is 11.8 Å². The lowest BCUT2D eigenvalue weighted by molar-refractivity contribution is -0.150. The van der Waals surface area contributed by atoms with Crippen LogP contribution in [0.25, 0.3) is 0 Å². The molecule has 0 fully saturated rings. The van der Waals surface area contributed by atoms with E-state index in [1.807, 2.05) is 6.07 Å². The van der Waals surface area contributed by atoms with E-state index in [1.54, 1.807) is 24.3 Å². The van der Waals surface area contributed by atoms with E-state index in [-0.39, 0.29) is 11.5 Å². The summed E-state index contributed by atoms with van der Waals surface area (Å²) in [6.07, 6.45) is 2.52. The summed E-state index contributed by atoms with van der Waals surface area (Å²) >= 11 is 1.42. The molecule has 0 aromatic heterocycles. The minimum atomic E-state index is -0.902. The fraction of sp³-hybridized carbons (Fsp3) is 0.318. The van der Waals surface area contributed by atoms with Crippen molar-refractivity contribution in [2.24, 2.45) is 0 Å². The maximum Gasteiger partial charge on any atom is 0.317 e. The van der Waals surface area contributed by atoms with Crippen molar-refractivity contribution in [1.82, 2.24) is 0 Å². The van der Waals surface area contributed by atoms with E-state index in [9.17, 15) is 14.4 Å². The molecule has 1 N–H and O–H groups in total. The molecule has 0 spiro atoms. The first-order chi connectivity index (χ1) is 13.4. The second kappa shape index (κ2) is 9.06. The number of amides is 1. The van der Waals surface area contributed by atoms with Gasteiger partial charge in [0.1, 0.15) is 0 Å². The first kappa shape index (κ1) is 20.1. The van der Waals surface area contributed by atoms with Gasteiger partial charge in [0.2, 0.25) is 0 Å². The zero-order chi connectivity index (χ0) is 20.1. The quantitative estimate of drug-likeness (QED) is 0.434. The van der Waals surface area contributed by atoms with Gasteiger partial charge in [0.15, 0.2) is 11.9 Å². The van der Waals surface area contributed by atoms with Crippen LogP contribution in [0.15, 0.2) is 47.4 Å². The summed E-state index contributed by atoms with van der Waals surface area (Å²) < 4.78 is 5.23. The number of thioether (sulfide) groups is 1. The highest BCUT2D eigenvalue weighted by Gasteiger charge is 2.18. The van der Waals surface area contributed by atoms with Crippen LogP contribution in [0, 0.1) is 0 Å². The summed E-state index contributed by atoms with van der Waals surface area (Å²) in [6, 6.07) is 12.9. The van der Waals surface area contributed by atoms with Crippen LogP contribution in [0.1, 0.15) is 41.8 Å². The molecule has 1 atom stereocenters. The Labute approximate surface area is 168 Å². The van der Waals surface area contributed by atoms with Crippen LogP contribution in [-0.2, 0) is 27.2 Å². The number of ketones is 1. The zero-order valence-corrected chi connectivity index (χ0v) is 16.8. The van der Waals surface area contributed by atoms with E-state index < -0.39 is 18.0 Å². The number of aryl methyl sites for hydroxylation is 2. The summed E-state index contributed by atoms with van der Waals surface area (Å²) in [5.74, 6) is -0.725. The minimum Gasteiger partial charge on any atom is -0.452 e. The summed E-state index contributed by atoms with van der Waals surface area (Å²) in [4.78, 5) is 36.6. The number of hydrogen-bond donors (Lipinski definition) is 1. The van der Waals surface area contributed by atoms with Crippen LogP contribution in [0.5, 0.6) is 0 Å². The molecule has 3 rings (SSSR count). The topological polar surface area (TPSA) is 72.5 Å². The number of nitrogens with one attached hydrogen (secondary N) is 1. The number of fused-ring (bicyclic) bond motifs is 1. The number of ether oxygens (including phenoxy) is 1. The molecule has 6 heteroatoms. The number of carbonyl (C=O) groups is 3. The molecule has 2 aromatic carbocycles. The first-order valence-corrected chi connectivity index (χ1v) is 10.3. The number of carbonyl (C=O) groups excluding carboxylic acids is 3. The molecule has 1 unspecified atom stereocenters. The van der Waals surface area contributed by atoms with Crippen molar-refractivity contribution in [3.05, 3.63) is 59.2 Å². The highest BCUT2D eigenvalue weighted by atomic mass is 32.2. The number of hydrogen-bond acceptors (Lipinski definition) is 5. The monoisotopic (exact) mass is 397 g/mol. The Morgan fingerprint density at radius 1 is 1.07 bits per heavy atom. The average molecular weight is 397 g/mol. The van der Waals surface area contributed by atoms with Gasteiger partial charge in [0.05, 0.1) is 5.75 Å². The second-order valence-electron chi connectivity index (χ2n) is 6.83. The Morgan fingerprint density at radius 3 is 2.50 bits per heavy atom. The van der Waals surface area contributed by atoms with Crippen molar-refractivity contribution in [2.45, 2.75) is 44.1 Å². The maximum atomic E-state index is 12.2. The number of benzene rings is 2. The Morgan fingerprint density at radius 2 is 1.79 bits per heavy atom. The van der Waals surface area contributed by atoms with Crippen LogP contribution in [0.3, 0.4) is 0 Å². The van der Waals surface area contributed by atoms with Gasteiger partial charge in [-0.05, 0) is 80.6 Å². The lowest BCUT2D eigenvalue weighted by atomic mass is 10.1. The molecule has 146 valence electrons. The number of anilines is 1. The molecule has 1 aliphatic carbocycles. The van der Waals surface area contributed by atoms with Crippen molar-refractivity contribution in [3.63, 3.8) is 0 Å². The average Bonchev–Trinajstić information content (AvgIpc) is 3.14. The van der Waals surface area contributed by atoms with E-state index in [2.05, 4.69) is 17.4 Å². The molecule has 0 saturated carbocycles. The van der Waals surface area contributed by atoms with E-state index in [0.717, 1.165) is 17.7 Å². The Hall–Kier alpha value is -2.60. The Bertz CT molecular complexity index is 892. The van der Waals surface area contributed by atoms with Gasteiger partial charge in [-0.15, -0.1) is 11.8 Å². The van der Waals surface area contributed by atoms with E-state index in [4.69, 9.17) is 4.74 Å². The van der Waals surface area contributed by atoms with Crippen LogP contribution in [-0.4, -0.2) is 29.5 Å². The predicted octanol–water partition coefficient (Wildman–Crippen LogP) is 4.04. The fourth-order valence-corrected chi connectivity index (χ4v) is 3.84. The third-order valence-electron chi connectivity index (χ3n) is 4.66. The van der Waals surface area contributed by atoms with Gasteiger partial charge in [-0.3, -0.25) is 14.4 Å². The highest BCUT2D eigenvalue weighted by Crippen LogP contribution is 2.27. The summed E-state index contributed by atoms with van der Waals surface area (Å²) in [7, 11) is 0. The van der Waals surface area contributed by atoms with Crippen molar-refractivity contribution in [2.75, 3.05) is 11.1 Å². The largest absolute Gasteiger partial charge is 0.452 e. The second-order valence-corrected chi connectivity index (χ2v) is 7.88. The van der Waals surface area contributed by atoms with Crippen molar-refractivity contribution < 1.29 is 19.1 Å². The van der Waals surface area contributed by atoms with Crippen molar-refractivity contribution >= 4 is 35.1 Å². The Kier molecular flexibility index (Phi) is 6.52. The zero-order valence-electron chi connectivity index (χ0n) is 16.0. The third kappa shape index (κ3) is 5.23. The molecule has 2 aromatic rings. The first-order valence-electron chi connectivity index (χ1n) is 9.28. The molecule has 1 aliphatic rings. The van der Waals surface area contributed by atoms with Gasteiger partial charge in [-0.1, -0.05) is 6.07 Å².